The smallest absolute Gasteiger partial charge is 0.254 e. The van der Waals surface area contributed by atoms with Crippen LogP contribution in [0.25, 0.3) is 11.1 Å². The van der Waals surface area contributed by atoms with Crippen LogP contribution in [0.1, 0.15) is 10.4 Å². The molecule has 0 atom stereocenters. The first-order valence-corrected chi connectivity index (χ1v) is 8.74. The van der Waals surface area contributed by atoms with Gasteiger partial charge >= 0.3 is 0 Å². The number of hydrogen-bond acceptors (Lipinski definition) is 5. The third-order valence-electron chi connectivity index (χ3n) is 5.10. The summed E-state index contributed by atoms with van der Waals surface area (Å²) in [6.45, 7) is 4.51. The number of nitrogens with two attached hydrogens (primary N) is 1. The summed E-state index contributed by atoms with van der Waals surface area (Å²) >= 11 is 0. The Morgan fingerprint density at radius 1 is 1.15 bits per heavy atom. The molecule has 2 fully saturated rings. The largest absolute Gasteiger partial charge is 0.397 e. The summed E-state index contributed by atoms with van der Waals surface area (Å²) in [6.07, 6.45) is 3.05. The molecular weight excluding hydrogens is 335 g/mol. The summed E-state index contributed by atoms with van der Waals surface area (Å²) < 4.78 is 19.8. The van der Waals surface area contributed by atoms with Crippen molar-refractivity contribution in [3.8, 4) is 11.1 Å². The maximum Gasteiger partial charge on any atom is 0.254 e. The number of benzene rings is 1. The molecule has 0 unspecified atom stereocenters. The number of pyridine rings is 1. The van der Waals surface area contributed by atoms with Crippen LogP contribution in [0, 0.1) is 5.82 Å². The van der Waals surface area contributed by atoms with Crippen molar-refractivity contribution in [3.05, 3.63) is 48.0 Å². The van der Waals surface area contributed by atoms with E-state index in [1.165, 1.54) is 12.3 Å². The number of nitrogen functional groups attached to an aromatic ring is 1. The van der Waals surface area contributed by atoms with Gasteiger partial charge in [0.05, 0.1) is 31.1 Å². The number of ether oxygens (including phenoxy) is 1. The van der Waals surface area contributed by atoms with Crippen LogP contribution in [-0.4, -0.2) is 66.1 Å². The molecule has 3 heterocycles. The average molecular weight is 356 g/mol. The molecule has 7 heteroatoms. The zero-order chi connectivity index (χ0) is 18.1. The zero-order valence-electron chi connectivity index (χ0n) is 14.4. The SMILES string of the molecule is Nc1cnccc1-c1ccc(C(=O)N2CCN(C3COC3)CC2)cc1F. The third kappa shape index (κ3) is 3.15. The van der Waals surface area contributed by atoms with E-state index in [0.717, 1.165) is 26.3 Å². The van der Waals surface area contributed by atoms with E-state index in [1.807, 2.05) is 0 Å². The molecule has 2 aromatic rings. The Morgan fingerprint density at radius 2 is 1.92 bits per heavy atom. The number of aromatic nitrogens is 1. The van der Waals surface area contributed by atoms with Crippen LogP contribution in [0.4, 0.5) is 10.1 Å². The van der Waals surface area contributed by atoms with E-state index in [1.54, 1.807) is 29.3 Å². The van der Waals surface area contributed by atoms with Crippen molar-refractivity contribution in [2.45, 2.75) is 6.04 Å². The molecule has 2 aliphatic rings. The summed E-state index contributed by atoms with van der Waals surface area (Å²) in [7, 11) is 0. The molecular formula is C19H21FN4O2. The molecule has 136 valence electrons. The highest BCUT2D eigenvalue weighted by atomic mass is 19.1. The molecule has 1 aromatic heterocycles. The van der Waals surface area contributed by atoms with Crippen molar-refractivity contribution < 1.29 is 13.9 Å². The maximum absolute atomic E-state index is 14.6. The number of hydrogen-bond donors (Lipinski definition) is 1. The molecule has 0 bridgehead atoms. The first-order chi connectivity index (χ1) is 12.6. The van der Waals surface area contributed by atoms with E-state index in [2.05, 4.69) is 9.88 Å². The quantitative estimate of drug-likeness (QED) is 0.905. The highest BCUT2D eigenvalue weighted by Crippen LogP contribution is 2.28. The van der Waals surface area contributed by atoms with Gasteiger partial charge in [-0.2, -0.15) is 0 Å². The molecule has 1 amide bonds. The Kier molecular flexibility index (Phi) is 4.57. The fourth-order valence-corrected chi connectivity index (χ4v) is 3.43. The number of rotatable bonds is 3. The first kappa shape index (κ1) is 16.9. The molecule has 0 radical (unpaired) electrons. The van der Waals surface area contributed by atoms with Crippen LogP contribution in [-0.2, 0) is 4.74 Å². The van der Waals surface area contributed by atoms with Crippen LogP contribution in [0.15, 0.2) is 36.7 Å². The normalized spacial score (nSPS) is 18.6. The van der Waals surface area contributed by atoms with Crippen LogP contribution in [0.3, 0.4) is 0 Å². The van der Waals surface area contributed by atoms with Gasteiger partial charge in [-0.15, -0.1) is 0 Å². The zero-order valence-corrected chi connectivity index (χ0v) is 14.4. The second kappa shape index (κ2) is 7.01. The van der Waals surface area contributed by atoms with Gasteiger partial charge in [-0.25, -0.2) is 4.39 Å². The van der Waals surface area contributed by atoms with E-state index in [-0.39, 0.29) is 5.91 Å². The van der Waals surface area contributed by atoms with Crippen LogP contribution < -0.4 is 5.73 Å². The Bertz CT molecular complexity index is 817. The lowest BCUT2D eigenvalue weighted by molar-refractivity contribution is -0.0746. The van der Waals surface area contributed by atoms with E-state index >= 15 is 0 Å². The summed E-state index contributed by atoms with van der Waals surface area (Å²) in [6, 6.07) is 6.71. The molecule has 0 saturated carbocycles. The number of amides is 1. The highest BCUT2D eigenvalue weighted by Gasteiger charge is 2.30. The van der Waals surface area contributed by atoms with E-state index < -0.39 is 5.82 Å². The minimum absolute atomic E-state index is 0.136. The number of halogens is 1. The lowest BCUT2D eigenvalue weighted by Crippen LogP contribution is -2.57. The molecule has 6 nitrogen and oxygen atoms in total. The molecule has 2 N–H and O–H groups in total. The Balaban J connectivity index is 1.47. The molecule has 4 rings (SSSR count). The van der Waals surface area contributed by atoms with Gasteiger partial charge in [0, 0.05) is 49.1 Å². The molecule has 26 heavy (non-hydrogen) atoms. The monoisotopic (exact) mass is 356 g/mol. The van der Waals surface area contributed by atoms with Gasteiger partial charge in [0.15, 0.2) is 0 Å². The topological polar surface area (TPSA) is 71.7 Å². The van der Waals surface area contributed by atoms with E-state index in [4.69, 9.17) is 10.5 Å². The van der Waals surface area contributed by atoms with Crippen LogP contribution in [0.2, 0.25) is 0 Å². The maximum atomic E-state index is 14.6. The van der Waals surface area contributed by atoms with Crippen molar-refractivity contribution in [1.82, 2.24) is 14.8 Å². The predicted octanol–water partition coefficient (Wildman–Crippen LogP) is 1.63. The first-order valence-electron chi connectivity index (χ1n) is 8.74. The van der Waals surface area contributed by atoms with Crippen LogP contribution >= 0.6 is 0 Å². The van der Waals surface area contributed by atoms with Crippen molar-refractivity contribution in [2.24, 2.45) is 0 Å². The Labute approximate surface area is 151 Å². The number of carbonyl (C=O) groups is 1. The van der Waals surface area contributed by atoms with Gasteiger partial charge in [-0.3, -0.25) is 14.7 Å². The predicted molar refractivity (Wildman–Crippen MR) is 96.1 cm³/mol. The van der Waals surface area contributed by atoms with E-state index in [9.17, 15) is 9.18 Å². The third-order valence-corrected chi connectivity index (χ3v) is 5.10. The molecule has 2 saturated heterocycles. The van der Waals surface area contributed by atoms with Gasteiger partial charge in [-0.1, -0.05) is 6.07 Å². The van der Waals surface area contributed by atoms with E-state index in [0.29, 0.717) is 41.5 Å². The standard InChI is InChI=1S/C19H21FN4O2/c20-17-9-13(1-2-15(17)16-3-4-22-10-18(16)21)19(25)24-7-5-23(6-8-24)14-11-26-12-14/h1-4,9-10,14H,5-8,11-12,21H2. The molecule has 0 spiro atoms. The lowest BCUT2D eigenvalue weighted by Gasteiger charge is -2.42. The van der Waals surface area contributed by atoms with Crippen molar-refractivity contribution >= 4 is 11.6 Å². The minimum atomic E-state index is -0.459. The highest BCUT2D eigenvalue weighted by molar-refractivity contribution is 5.95. The summed E-state index contributed by atoms with van der Waals surface area (Å²) in [5, 5.41) is 0. The van der Waals surface area contributed by atoms with Gasteiger partial charge in [0.1, 0.15) is 5.82 Å². The summed E-state index contributed by atoms with van der Waals surface area (Å²) in [4.78, 5) is 20.8. The molecule has 2 aliphatic heterocycles. The van der Waals surface area contributed by atoms with Gasteiger partial charge in [0.2, 0.25) is 0 Å². The Hall–Kier alpha value is -2.51. The second-order valence-electron chi connectivity index (χ2n) is 6.68. The minimum Gasteiger partial charge on any atom is -0.397 e. The number of nitrogens with zero attached hydrogens (tertiary/aromatic N) is 3. The number of carbonyl (C=O) groups excluding carboxylic acids is 1. The van der Waals surface area contributed by atoms with Gasteiger partial charge in [0.25, 0.3) is 5.91 Å². The fraction of sp³-hybridized carbons (Fsp3) is 0.368. The van der Waals surface area contributed by atoms with Gasteiger partial charge in [-0.05, 0) is 18.2 Å². The van der Waals surface area contributed by atoms with Crippen molar-refractivity contribution in [3.63, 3.8) is 0 Å². The van der Waals surface area contributed by atoms with Gasteiger partial charge < -0.3 is 15.4 Å². The van der Waals surface area contributed by atoms with Crippen molar-refractivity contribution in [1.29, 1.82) is 0 Å². The summed E-state index contributed by atoms with van der Waals surface area (Å²) in [5.41, 5.74) is 7.58. The molecule has 1 aromatic carbocycles. The fourth-order valence-electron chi connectivity index (χ4n) is 3.43. The Morgan fingerprint density at radius 3 is 2.54 bits per heavy atom. The lowest BCUT2D eigenvalue weighted by atomic mass is 10.0. The number of piperazine rings is 1. The number of anilines is 1. The average Bonchev–Trinajstić information content (AvgIpc) is 2.61. The van der Waals surface area contributed by atoms with Crippen molar-refractivity contribution in [2.75, 3.05) is 45.1 Å². The second-order valence-corrected chi connectivity index (χ2v) is 6.68. The summed E-state index contributed by atoms with van der Waals surface area (Å²) in [5.74, 6) is -0.596. The molecule has 0 aliphatic carbocycles. The van der Waals surface area contributed by atoms with Crippen LogP contribution in [0.5, 0.6) is 0 Å².